The molecular weight excluding hydrogens is 473 g/mol. The third-order valence-electron chi connectivity index (χ3n) is 5.46. The van der Waals surface area contributed by atoms with Crippen LogP contribution in [0.15, 0.2) is 22.4 Å². The quantitative estimate of drug-likeness (QED) is 0.209. The number of β-lactam (4-membered cyclic amide) rings is 1. The van der Waals surface area contributed by atoms with Gasteiger partial charge in [-0.3, -0.25) is 19.3 Å². The number of rotatable bonds is 6. The van der Waals surface area contributed by atoms with E-state index >= 15 is 0 Å². The van der Waals surface area contributed by atoms with Gasteiger partial charge in [-0.05, 0) is 42.7 Å². The minimum absolute atomic E-state index is 0. The van der Waals surface area contributed by atoms with Gasteiger partial charge in [-0.25, -0.2) is 4.79 Å². The molecule has 11 heteroatoms. The maximum atomic E-state index is 12.6. The Morgan fingerprint density at radius 3 is 2.59 bits per heavy atom. The molecule has 0 unspecified atom stereocenters. The van der Waals surface area contributed by atoms with Crippen molar-refractivity contribution in [2.24, 2.45) is 5.92 Å². The first kappa shape index (κ1) is 22.9. The van der Waals surface area contributed by atoms with Crippen LogP contribution in [0.4, 0.5) is 0 Å². The Morgan fingerprint density at radius 1 is 1.31 bits per heavy atom. The summed E-state index contributed by atoms with van der Waals surface area (Å²) in [6.07, 6.45) is 3.40. The molecule has 3 amide bonds. The Hall–Kier alpha value is -0.810. The number of carboxylic acid groups (broad SMARTS) is 1. The average molecular weight is 494 g/mol. The Kier molecular flexibility index (Phi) is 7.20. The fraction of sp³-hybridized carbons (Fsp3) is 0.556. The van der Waals surface area contributed by atoms with Gasteiger partial charge in [-0.2, -0.15) is 0 Å². The molecule has 0 spiro atoms. The third kappa shape index (κ3) is 4.32. The predicted molar refractivity (Wildman–Crippen MR) is 113 cm³/mol. The number of fused-ring (bicyclic) bond motifs is 1. The van der Waals surface area contributed by atoms with Gasteiger partial charge >= 0.3 is 35.5 Å². The van der Waals surface area contributed by atoms with Crippen molar-refractivity contribution in [3.63, 3.8) is 0 Å². The molecule has 0 aromatic heterocycles. The van der Waals surface area contributed by atoms with Crippen LogP contribution in [0, 0.1) is 5.92 Å². The molecule has 4 aliphatic rings. The van der Waals surface area contributed by atoms with Crippen molar-refractivity contribution in [1.29, 1.82) is 0 Å². The molecule has 0 aromatic rings. The number of thioether (sulfide) groups is 1. The van der Waals surface area contributed by atoms with Crippen LogP contribution in [0.5, 0.6) is 0 Å². The number of carboxylic acids is 1. The minimum atomic E-state index is -1.17. The molecule has 3 N–H and O–H groups in total. The number of nitrogens with one attached hydrogen (secondary N) is 2. The summed E-state index contributed by atoms with van der Waals surface area (Å²) >= 11 is 4.48. The Labute approximate surface area is 202 Å². The normalized spacial score (nSPS) is 27.6. The number of carbonyl (C=O) groups is 4. The number of carbonyl (C=O) groups excluding carboxylic acids is 3. The monoisotopic (exact) mass is 493 g/mol. The average Bonchev–Trinajstić information content (AvgIpc) is 3.41. The summed E-state index contributed by atoms with van der Waals surface area (Å²) in [4.78, 5) is 50.0. The second-order valence-corrected chi connectivity index (χ2v) is 9.00. The molecule has 8 nitrogen and oxygen atoms in total. The molecule has 2 atom stereocenters. The molecule has 152 valence electrons. The van der Waals surface area contributed by atoms with E-state index in [1.54, 1.807) is 0 Å². The first-order chi connectivity index (χ1) is 13.4. The predicted octanol–water partition coefficient (Wildman–Crippen LogP) is 0.0880. The van der Waals surface area contributed by atoms with Crippen molar-refractivity contribution in [3.8, 4) is 0 Å². The van der Waals surface area contributed by atoms with Crippen molar-refractivity contribution >= 4 is 80.9 Å². The van der Waals surface area contributed by atoms with Crippen molar-refractivity contribution in [2.45, 2.75) is 37.1 Å². The van der Waals surface area contributed by atoms with Gasteiger partial charge in [0, 0.05) is 17.9 Å². The standard InChI is InChI=1S/C18H20BrN3O5S.Na.H/c19-6-12(23)21-13-16(25)22-14(18(26)27)11(7-28-17(13)22)10(5-8-1-2-8)9-3-4-20-15(9)24;;/h8,13,17H,1-7H2,(H,20,24)(H,21,23)(H,26,27);;/t13-,17-;;/m1../s1. The Bertz CT molecular complexity index is 841. The fourth-order valence-corrected chi connectivity index (χ4v) is 5.46. The van der Waals surface area contributed by atoms with Gasteiger partial charge in [0.15, 0.2) is 0 Å². The number of hydrogen-bond acceptors (Lipinski definition) is 5. The van der Waals surface area contributed by atoms with Gasteiger partial charge in [-0.1, -0.05) is 15.9 Å². The fourth-order valence-electron chi connectivity index (χ4n) is 3.91. The molecule has 1 aliphatic carbocycles. The first-order valence-electron chi connectivity index (χ1n) is 9.19. The first-order valence-corrected chi connectivity index (χ1v) is 11.4. The van der Waals surface area contributed by atoms with Gasteiger partial charge in [-0.15, -0.1) is 11.8 Å². The van der Waals surface area contributed by atoms with E-state index in [0.717, 1.165) is 18.4 Å². The maximum absolute atomic E-state index is 12.6. The molecule has 4 rings (SSSR count). The molecule has 3 heterocycles. The zero-order valence-corrected chi connectivity index (χ0v) is 17.4. The number of aliphatic carboxylic acids is 1. The van der Waals surface area contributed by atoms with Crippen LogP contribution < -0.4 is 10.6 Å². The van der Waals surface area contributed by atoms with Gasteiger partial charge in [0.25, 0.3) is 5.91 Å². The molecule has 3 aliphatic heterocycles. The van der Waals surface area contributed by atoms with Crippen LogP contribution in [-0.2, 0) is 19.2 Å². The topological polar surface area (TPSA) is 116 Å². The number of alkyl halides is 1. The van der Waals surface area contributed by atoms with Gasteiger partial charge in [0.2, 0.25) is 11.8 Å². The summed E-state index contributed by atoms with van der Waals surface area (Å²) in [5.41, 5.74) is 1.98. The number of amides is 3. The summed E-state index contributed by atoms with van der Waals surface area (Å²) in [5.74, 6) is -1.18. The zero-order chi connectivity index (χ0) is 20.0. The van der Waals surface area contributed by atoms with Crippen LogP contribution in [0.1, 0.15) is 25.7 Å². The summed E-state index contributed by atoms with van der Waals surface area (Å²) in [6, 6.07) is -0.722. The van der Waals surface area contributed by atoms with Gasteiger partial charge in [0.1, 0.15) is 17.1 Å². The van der Waals surface area contributed by atoms with Crippen LogP contribution >= 0.6 is 27.7 Å². The molecule has 0 radical (unpaired) electrons. The molecule has 3 fully saturated rings. The van der Waals surface area contributed by atoms with E-state index in [-0.39, 0.29) is 52.4 Å². The van der Waals surface area contributed by atoms with Crippen LogP contribution in [0.25, 0.3) is 0 Å². The van der Waals surface area contributed by atoms with Crippen molar-refractivity contribution in [2.75, 3.05) is 17.6 Å². The van der Waals surface area contributed by atoms with Gasteiger partial charge in [0.05, 0.1) is 5.33 Å². The van der Waals surface area contributed by atoms with E-state index in [1.165, 1.54) is 16.7 Å². The summed E-state index contributed by atoms with van der Waals surface area (Å²) in [7, 11) is 0. The van der Waals surface area contributed by atoms with Crippen LogP contribution in [0.3, 0.4) is 0 Å². The number of nitrogens with zero attached hydrogens (tertiary/aromatic N) is 1. The zero-order valence-electron chi connectivity index (χ0n) is 15.0. The van der Waals surface area contributed by atoms with E-state index in [4.69, 9.17) is 0 Å². The number of hydrogen-bond donors (Lipinski definition) is 3. The summed E-state index contributed by atoms with van der Waals surface area (Å²) < 4.78 is 0. The van der Waals surface area contributed by atoms with Crippen molar-refractivity contribution in [1.82, 2.24) is 15.5 Å². The summed E-state index contributed by atoms with van der Waals surface area (Å²) in [5, 5.41) is 15.0. The molecule has 2 saturated heterocycles. The Balaban J connectivity index is 0.00000240. The SMILES string of the molecule is O=C(CBr)N[C@@H]1C(=O)N2C(C(=O)O)=C(C(CC3CC3)=C3CCNC3=O)CS[C@H]12.[NaH]. The molecule has 29 heavy (non-hydrogen) atoms. The van der Waals surface area contributed by atoms with Crippen LogP contribution in [0.2, 0.25) is 0 Å². The van der Waals surface area contributed by atoms with E-state index in [1.807, 2.05) is 0 Å². The summed E-state index contributed by atoms with van der Waals surface area (Å²) in [6.45, 7) is 0.553. The van der Waals surface area contributed by atoms with Gasteiger partial charge < -0.3 is 15.7 Å². The number of allylic oxidation sites excluding steroid dienone is 1. The molecule has 0 aromatic carbocycles. The molecule has 1 saturated carbocycles. The molecular formula is C18H21BrN3NaO5S. The third-order valence-corrected chi connectivity index (χ3v) is 7.25. The number of halogens is 1. The molecule has 0 bridgehead atoms. The Morgan fingerprint density at radius 2 is 2.03 bits per heavy atom. The second kappa shape index (κ2) is 9.13. The van der Waals surface area contributed by atoms with Crippen LogP contribution in [-0.4, -0.2) is 92.3 Å². The van der Waals surface area contributed by atoms with E-state index < -0.39 is 23.3 Å². The van der Waals surface area contributed by atoms with E-state index in [0.29, 0.717) is 42.2 Å². The second-order valence-electron chi connectivity index (χ2n) is 7.33. The van der Waals surface area contributed by atoms with E-state index in [2.05, 4.69) is 26.6 Å². The van der Waals surface area contributed by atoms with E-state index in [9.17, 15) is 24.3 Å². The van der Waals surface area contributed by atoms with Crippen molar-refractivity contribution in [3.05, 3.63) is 22.4 Å². The van der Waals surface area contributed by atoms with Crippen molar-refractivity contribution < 1.29 is 24.3 Å².